The number of nitrogens with one attached hydrogen (secondary N) is 1. The lowest BCUT2D eigenvalue weighted by Crippen LogP contribution is -2.30. The maximum Gasteiger partial charge on any atom is 0.238 e. The van der Waals surface area contributed by atoms with Crippen molar-refractivity contribution in [1.82, 2.24) is 0 Å². The van der Waals surface area contributed by atoms with Crippen molar-refractivity contribution in [3.8, 4) is 5.75 Å². The molecule has 1 atom stereocenters. The van der Waals surface area contributed by atoms with E-state index in [1.807, 2.05) is 0 Å². The van der Waals surface area contributed by atoms with Crippen LogP contribution in [0.3, 0.4) is 0 Å². The molecule has 0 aliphatic carbocycles. The average Bonchev–Trinajstić information content (AvgIpc) is 2.50. The Labute approximate surface area is 132 Å². The second-order valence-corrected chi connectivity index (χ2v) is 6.87. The van der Waals surface area contributed by atoms with E-state index in [1.54, 1.807) is 36.7 Å². The lowest BCUT2D eigenvalue weighted by molar-refractivity contribution is -0.115. The highest BCUT2D eigenvalue weighted by molar-refractivity contribution is 8.07. The Kier molecular flexibility index (Phi) is 6.66. The first-order chi connectivity index (χ1) is 10.2. The second-order valence-electron chi connectivity index (χ2n) is 4.41. The van der Waals surface area contributed by atoms with Crippen LogP contribution in [-0.2, 0) is 9.53 Å². The van der Waals surface area contributed by atoms with Gasteiger partial charge in [-0.05, 0) is 12.1 Å². The zero-order chi connectivity index (χ0) is 15.1. The van der Waals surface area contributed by atoms with Crippen molar-refractivity contribution in [2.45, 2.75) is 5.25 Å². The molecule has 1 fully saturated rings. The third kappa shape index (κ3) is 5.09. The molecule has 2 rings (SSSR count). The molecule has 1 saturated heterocycles. The number of methoxy groups -OCH3 is 1. The van der Waals surface area contributed by atoms with Crippen molar-refractivity contribution in [2.75, 3.05) is 42.9 Å². The Hall–Kier alpha value is -0.920. The number of ether oxygens (including phenoxy) is 2. The quantitative estimate of drug-likeness (QED) is 0.812. The standard InChI is InChI=1S/C14H18FNO3S2/c1-18-4-5-19-12-3-2-10(8-11(12)15)16-14(17)13-9-20-6-7-21-13/h2-3,8,13H,4-7,9H2,1H3,(H,16,17). The largest absolute Gasteiger partial charge is 0.488 e. The van der Waals surface area contributed by atoms with E-state index in [1.165, 1.54) is 12.1 Å². The molecular weight excluding hydrogens is 313 g/mol. The molecule has 1 unspecified atom stereocenters. The third-order valence-electron chi connectivity index (χ3n) is 2.85. The highest BCUT2D eigenvalue weighted by atomic mass is 32.2. The fraction of sp³-hybridized carbons (Fsp3) is 0.500. The van der Waals surface area contributed by atoms with E-state index in [0.29, 0.717) is 12.3 Å². The molecule has 0 spiro atoms. The van der Waals surface area contributed by atoms with Crippen LogP contribution in [0.4, 0.5) is 10.1 Å². The van der Waals surface area contributed by atoms with E-state index in [0.717, 1.165) is 17.3 Å². The molecule has 4 nitrogen and oxygen atoms in total. The van der Waals surface area contributed by atoms with Crippen LogP contribution in [0.15, 0.2) is 18.2 Å². The van der Waals surface area contributed by atoms with Gasteiger partial charge in [0.15, 0.2) is 11.6 Å². The van der Waals surface area contributed by atoms with Crippen molar-refractivity contribution < 1.29 is 18.7 Å². The molecule has 7 heteroatoms. The monoisotopic (exact) mass is 331 g/mol. The molecule has 1 aromatic carbocycles. The molecule has 0 radical (unpaired) electrons. The summed E-state index contributed by atoms with van der Waals surface area (Å²) in [5.74, 6) is 2.46. The fourth-order valence-electron chi connectivity index (χ4n) is 1.79. The zero-order valence-electron chi connectivity index (χ0n) is 11.8. The molecule has 0 saturated carbocycles. The van der Waals surface area contributed by atoms with Crippen LogP contribution in [0, 0.1) is 5.82 Å². The first-order valence-corrected chi connectivity index (χ1v) is 8.82. The van der Waals surface area contributed by atoms with Gasteiger partial charge in [0.1, 0.15) is 6.61 Å². The van der Waals surface area contributed by atoms with Crippen molar-refractivity contribution in [2.24, 2.45) is 0 Å². The number of carbonyl (C=O) groups is 1. The highest BCUT2D eigenvalue weighted by Crippen LogP contribution is 2.26. The molecule has 1 heterocycles. The van der Waals surface area contributed by atoms with Gasteiger partial charge >= 0.3 is 0 Å². The molecule has 0 bridgehead atoms. The van der Waals surface area contributed by atoms with Crippen molar-refractivity contribution >= 4 is 35.1 Å². The minimum atomic E-state index is -0.491. The summed E-state index contributed by atoms with van der Waals surface area (Å²) in [5.41, 5.74) is 0.452. The highest BCUT2D eigenvalue weighted by Gasteiger charge is 2.22. The zero-order valence-corrected chi connectivity index (χ0v) is 13.4. The lowest BCUT2D eigenvalue weighted by atomic mass is 10.2. The maximum atomic E-state index is 13.8. The summed E-state index contributed by atoms with van der Waals surface area (Å²) >= 11 is 3.42. The van der Waals surface area contributed by atoms with Gasteiger partial charge in [0.25, 0.3) is 0 Å². The number of benzene rings is 1. The van der Waals surface area contributed by atoms with E-state index < -0.39 is 5.82 Å². The summed E-state index contributed by atoms with van der Waals surface area (Å²) in [6.07, 6.45) is 0. The Morgan fingerprint density at radius 2 is 2.29 bits per heavy atom. The lowest BCUT2D eigenvalue weighted by Gasteiger charge is -2.20. The van der Waals surface area contributed by atoms with Crippen LogP contribution in [-0.4, -0.2) is 48.7 Å². The van der Waals surface area contributed by atoms with Gasteiger partial charge in [-0.2, -0.15) is 11.8 Å². The fourth-order valence-corrected chi connectivity index (χ4v) is 4.35. The van der Waals surface area contributed by atoms with Gasteiger partial charge in [-0.3, -0.25) is 4.79 Å². The van der Waals surface area contributed by atoms with Gasteiger partial charge in [-0.1, -0.05) is 0 Å². The summed E-state index contributed by atoms with van der Waals surface area (Å²) in [4.78, 5) is 12.1. The van der Waals surface area contributed by atoms with Crippen LogP contribution in [0.2, 0.25) is 0 Å². The number of rotatable bonds is 6. The number of anilines is 1. The second kappa shape index (κ2) is 8.51. The smallest absolute Gasteiger partial charge is 0.238 e. The number of carbonyl (C=O) groups excluding carboxylic acids is 1. The normalized spacial score (nSPS) is 18.3. The van der Waals surface area contributed by atoms with Crippen LogP contribution >= 0.6 is 23.5 Å². The van der Waals surface area contributed by atoms with E-state index in [4.69, 9.17) is 9.47 Å². The van der Waals surface area contributed by atoms with Crippen molar-refractivity contribution in [1.29, 1.82) is 0 Å². The average molecular weight is 331 g/mol. The number of thioether (sulfide) groups is 2. The van der Waals surface area contributed by atoms with Crippen molar-refractivity contribution in [3.05, 3.63) is 24.0 Å². The summed E-state index contributed by atoms with van der Waals surface area (Å²) in [6.45, 7) is 0.684. The van der Waals surface area contributed by atoms with Gasteiger partial charge in [0.2, 0.25) is 5.91 Å². The Morgan fingerprint density at radius 3 is 2.95 bits per heavy atom. The topological polar surface area (TPSA) is 47.6 Å². The van der Waals surface area contributed by atoms with Gasteiger partial charge in [-0.25, -0.2) is 4.39 Å². The minimum absolute atomic E-state index is 0.0653. The number of hydrogen-bond donors (Lipinski definition) is 1. The van der Waals surface area contributed by atoms with Crippen LogP contribution in [0.1, 0.15) is 0 Å². The Balaban J connectivity index is 1.91. The van der Waals surface area contributed by atoms with Gasteiger partial charge < -0.3 is 14.8 Å². The first-order valence-electron chi connectivity index (χ1n) is 6.62. The molecule has 116 valence electrons. The first kappa shape index (κ1) is 16.5. The van der Waals surface area contributed by atoms with Crippen LogP contribution < -0.4 is 10.1 Å². The molecule has 0 aromatic heterocycles. The summed E-state index contributed by atoms with van der Waals surface area (Å²) in [7, 11) is 1.56. The van der Waals surface area contributed by atoms with E-state index >= 15 is 0 Å². The minimum Gasteiger partial charge on any atom is -0.488 e. The van der Waals surface area contributed by atoms with E-state index in [2.05, 4.69) is 5.32 Å². The van der Waals surface area contributed by atoms with E-state index in [9.17, 15) is 9.18 Å². The van der Waals surface area contributed by atoms with Crippen LogP contribution in [0.5, 0.6) is 5.75 Å². The third-order valence-corrected chi connectivity index (χ3v) is 5.61. The Bertz CT molecular complexity index is 481. The van der Waals surface area contributed by atoms with Gasteiger partial charge in [-0.15, -0.1) is 11.8 Å². The maximum absolute atomic E-state index is 13.8. The predicted molar refractivity (Wildman–Crippen MR) is 86.0 cm³/mol. The predicted octanol–water partition coefficient (Wildman–Crippen LogP) is 2.64. The molecule has 1 aromatic rings. The van der Waals surface area contributed by atoms with Crippen molar-refractivity contribution in [3.63, 3.8) is 0 Å². The summed E-state index contributed by atoms with van der Waals surface area (Å²) in [6, 6.07) is 4.44. The molecule has 1 amide bonds. The van der Waals surface area contributed by atoms with Crippen LogP contribution in [0.25, 0.3) is 0 Å². The summed E-state index contributed by atoms with van der Waals surface area (Å²) in [5, 5.41) is 2.69. The van der Waals surface area contributed by atoms with E-state index in [-0.39, 0.29) is 23.5 Å². The number of amides is 1. The van der Waals surface area contributed by atoms with Gasteiger partial charge in [0, 0.05) is 36.1 Å². The molecule has 1 aliphatic rings. The number of halogens is 1. The molecule has 1 aliphatic heterocycles. The Morgan fingerprint density at radius 1 is 1.43 bits per heavy atom. The number of hydrogen-bond acceptors (Lipinski definition) is 5. The SMILES string of the molecule is COCCOc1ccc(NC(=O)C2CSCCS2)cc1F. The van der Waals surface area contributed by atoms with Gasteiger partial charge in [0.05, 0.1) is 11.9 Å². The molecule has 21 heavy (non-hydrogen) atoms. The molecular formula is C14H18FNO3S2. The molecule has 1 N–H and O–H groups in total. The summed E-state index contributed by atoms with van der Waals surface area (Å²) < 4.78 is 23.9.